The van der Waals surface area contributed by atoms with Crippen molar-refractivity contribution in [2.24, 2.45) is 0 Å². The molecule has 2 heterocycles. The Balaban J connectivity index is 1.90. The van der Waals surface area contributed by atoms with Crippen molar-refractivity contribution in [2.45, 2.75) is 13.3 Å². The van der Waals surface area contributed by atoms with Crippen molar-refractivity contribution in [3.05, 3.63) is 65.2 Å². The maximum atomic E-state index is 11.2. The van der Waals surface area contributed by atoms with Crippen LogP contribution in [0.1, 0.15) is 21.5 Å². The number of nitrogens with zero attached hydrogens (tertiary/aromatic N) is 2. The number of rotatable bonds is 3. The van der Waals surface area contributed by atoms with Gasteiger partial charge in [0.15, 0.2) is 0 Å². The van der Waals surface area contributed by atoms with E-state index in [0.29, 0.717) is 0 Å². The lowest BCUT2D eigenvalue weighted by atomic mass is 10.0. The van der Waals surface area contributed by atoms with Crippen molar-refractivity contribution in [2.75, 3.05) is 11.9 Å². The summed E-state index contributed by atoms with van der Waals surface area (Å²) in [6, 6.07) is 15.0. The molecule has 0 unspecified atom stereocenters. The zero-order chi connectivity index (χ0) is 16.7. The van der Waals surface area contributed by atoms with Crippen LogP contribution in [0.25, 0.3) is 16.9 Å². The van der Waals surface area contributed by atoms with Crippen molar-refractivity contribution in [1.82, 2.24) is 9.78 Å². The van der Waals surface area contributed by atoms with Crippen molar-refractivity contribution in [3.8, 4) is 16.9 Å². The second-order valence-corrected chi connectivity index (χ2v) is 5.93. The van der Waals surface area contributed by atoms with Crippen molar-refractivity contribution in [3.63, 3.8) is 0 Å². The van der Waals surface area contributed by atoms with Gasteiger partial charge in [0.2, 0.25) is 0 Å². The summed E-state index contributed by atoms with van der Waals surface area (Å²) < 4.78 is 1.82. The minimum Gasteiger partial charge on any atom is -0.478 e. The lowest BCUT2D eigenvalue weighted by Gasteiger charge is -2.07. The largest absolute Gasteiger partial charge is 0.478 e. The molecule has 0 saturated carbocycles. The van der Waals surface area contributed by atoms with Crippen LogP contribution in [-0.2, 0) is 6.42 Å². The summed E-state index contributed by atoms with van der Waals surface area (Å²) in [5.41, 5.74) is 5.45. The summed E-state index contributed by atoms with van der Waals surface area (Å²) in [5, 5.41) is 17.4. The fraction of sp³-hybridized carbons (Fsp3) is 0.158. The first-order chi connectivity index (χ1) is 11.6. The number of carboxylic acids is 1. The molecule has 2 aromatic carbocycles. The Bertz CT molecular complexity index is 944. The number of hydrogen-bond donors (Lipinski definition) is 2. The fourth-order valence-corrected chi connectivity index (χ4v) is 3.19. The molecule has 0 spiro atoms. The Kier molecular flexibility index (Phi) is 3.34. The second kappa shape index (κ2) is 5.53. The molecule has 24 heavy (non-hydrogen) atoms. The lowest BCUT2D eigenvalue weighted by Crippen LogP contribution is -2.06. The normalized spacial score (nSPS) is 12.7. The van der Waals surface area contributed by atoms with Gasteiger partial charge in [-0.25, -0.2) is 9.48 Å². The van der Waals surface area contributed by atoms with Crippen LogP contribution >= 0.6 is 0 Å². The van der Waals surface area contributed by atoms with Gasteiger partial charge in [-0.1, -0.05) is 30.3 Å². The zero-order valence-electron chi connectivity index (χ0n) is 13.3. The molecule has 1 aromatic heterocycles. The molecule has 120 valence electrons. The first-order valence-electron chi connectivity index (χ1n) is 7.90. The van der Waals surface area contributed by atoms with Gasteiger partial charge in [0.1, 0.15) is 5.82 Å². The van der Waals surface area contributed by atoms with Crippen LogP contribution in [-0.4, -0.2) is 27.4 Å². The van der Waals surface area contributed by atoms with Crippen LogP contribution in [0.5, 0.6) is 0 Å². The molecule has 0 radical (unpaired) electrons. The molecule has 0 saturated heterocycles. The van der Waals surface area contributed by atoms with Gasteiger partial charge in [-0.05, 0) is 37.1 Å². The number of hydrogen-bond acceptors (Lipinski definition) is 3. The van der Waals surface area contributed by atoms with Crippen LogP contribution in [0.2, 0.25) is 0 Å². The van der Waals surface area contributed by atoms with Crippen molar-refractivity contribution < 1.29 is 9.90 Å². The number of benzene rings is 2. The zero-order valence-corrected chi connectivity index (χ0v) is 13.3. The third kappa shape index (κ3) is 2.25. The molecule has 5 nitrogen and oxygen atoms in total. The Labute approximate surface area is 139 Å². The van der Waals surface area contributed by atoms with E-state index in [4.69, 9.17) is 5.10 Å². The van der Waals surface area contributed by atoms with Gasteiger partial charge >= 0.3 is 5.97 Å². The van der Waals surface area contributed by atoms with Gasteiger partial charge < -0.3 is 10.4 Å². The summed E-state index contributed by atoms with van der Waals surface area (Å²) in [6.07, 6.45) is 0.914. The van der Waals surface area contributed by atoms with Crippen molar-refractivity contribution >= 4 is 11.8 Å². The van der Waals surface area contributed by atoms with Crippen LogP contribution < -0.4 is 5.32 Å². The lowest BCUT2D eigenvalue weighted by molar-refractivity contribution is 0.0697. The van der Waals surface area contributed by atoms with E-state index in [1.54, 1.807) is 18.2 Å². The van der Waals surface area contributed by atoms with E-state index < -0.39 is 5.97 Å². The molecule has 2 N–H and O–H groups in total. The number of carboxylic acid groups (broad SMARTS) is 1. The average molecular weight is 319 g/mol. The molecular weight excluding hydrogens is 302 g/mol. The topological polar surface area (TPSA) is 67.2 Å². The number of carbonyl (C=O) groups is 1. The monoisotopic (exact) mass is 319 g/mol. The fourth-order valence-electron chi connectivity index (χ4n) is 3.19. The van der Waals surface area contributed by atoms with E-state index in [0.717, 1.165) is 35.7 Å². The van der Waals surface area contributed by atoms with E-state index in [1.807, 2.05) is 22.9 Å². The molecule has 0 aliphatic carbocycles. The first kappa shape index (κ1) is 14.5. The Morgan fingerprint density at radius 1 is 1.21 bits per heavy atom. The summed E-state index contributed by atoms with van der Waals surface area (Å²) in [6.45, 7) is 2.94. The molecule has 1 aliphatic rings. The van der Waals surface area contributed by atoms with E-state index in [1.165, 1.54) is 11.1 Å². The van der Waals surface area contributed by atoms with Gasteiger partial charge in [0.25, 0.3) is 0 Å². The summed E-state index contributed by atoms with van der Waals surface area (Å²) >= 11 is 0. The summed E-state index contributed by atoms with van der Waals surface area (Å²) in [4.78, 5) is 11.2. The first-order valence-corrected chi connectivity index (χ1v) is 7.90. The van der Waals surface area contributed by atoms with Crippen LogP contribution in [0.4, 0.5) is 5.82 Å². The number of fused-ring (bicyclic) bond motifs is 1. The van der Waals surface area contributed by atoms with E-state index in [9.17, 15) is 9.90 Å². The smallest absolute Gasteiger partial charge is 0.335 e. The quantitative estimate of drug-likeness (QED) is 0.775. The molecule has 3 aromatic rings. The maximum absolute atomic E-state index is 11.2. The number of anilines is 1. The number of aromatic carboxylic acids is 1. The van der Waals surface area contributed by atoms with Gasteiger partial charge in [0, 0.05) is 17.7 Å². The number of aryl methyl sites for hydroxylation is 1. The highest BCUT2D eigenvalue weighted by Crippen LogP contribution is 2.35. The molecule has 4 rings (SSSR count). The van der Waals surface area contributed by atoms with E-state index in [2.05, 4.69) is 24.4 Å². The van der Waals surface area contributed by atoms with Gasteiger partial charge in [-0.2, -0.15) is 5.10 Å². The highest BCUT2D eigenvalue weighted by Gasteiger charge is 2.24. The molecule has 1 aliphatic heterocycles. The van der Waals surface area contributed by atoms with Crippen LogP contribution in [0.3, 0.4) is 0 Å². The maximum Gasteiger partial charge on any atom is 0.335 e. The molecule has 5 heteroatoms. The highest BCUT2D eigenvalue weighted by molar-refractivity contribution is 5.88. The van der Waals surface area contributed by atoms with Crippen LogP contribution in [0.15, 0.2) is 48.5 Å². The molecule has 0 bridgehead atoms. The third-order valence-corrected chi connectivity index (χ3v) is 4.39. The third-order valence-electron chi connectivity index (χ3n) is 4.39. The van der Waals surface area contributed by atoms with Gasteiger partial charge in [-0.3, -0.25) is 0 Å². The highest BCUT2D eigenvalue weighted by atomic mass is 16.4. The SMILES string of the molecule is Cc1ccccc1-c1nn(-c2cccc(C(=O)O)c2)c2c1CCN2. The Morgan fingerprint density at radius 3 is 2.83 bits per heavy atom. The number of aromatic nitrogens is 2. The Morgan fingerprint density at radius 2 is 2.04 bits per heavy atom. The van der Waals surface area contributed by atoms with Crippen molar-refractivity contribution in [1.29, 1.82) is 0 Å². The molecule has 0 fully saturated rings. The standard InChI is InChI=1S/C19H17N3O2/c1-12-5-2-3-8-15(12)17-16-9-10-20-18(16)22(21-17)14-7-4-6-13(11-14)19(23)24/h2-8,11,20H,9-10H2,1H3,(H,23,24). The molecular formula is C19H17N3O2. The summed E-state index contributed by atoms with van der Waals surface area (Å²) in [5.74, 6) is 0.0172. The van der Waals surface area contributed by atoms with E-state index in [-0.39, 0.29) is 5.56 Å². The molecule has 0 atom stereocenters. The van der Waals surface area contributed by atoms with E-state index >= 15 is 0 Å². The minimum atomic E-state index is -0.937. The predicted molar refractivity (Wildman–Crippen MR) is 92.9 cm³/mol. The molecule has 0 amide bonds. The number of nitrogens with one attached hydrogen (secondary N) is 1. The summed E-state index contributed by atoms with van der Waals surface area (Å²) in [7, 11) is 0. The predicted octanol–water partition coefficient (Wildman–Crippen LogP) is 3.51. The Hall–Kier alpha value is -3.08. The van der Waals surface area contributed by atoms with Gasteiger partial charge in [-0.15, -0.1) is 0 Å². The van der Waals surface area contributed by atoms with Crippen LogP contribution in [0, 0.1) is 6.92 Å². The minimum absolute atomic E-state index is 0.257. The van der Waals surface area contributed by atoms with Gasteiger partial charge in [0.05, 0.1) is 16.9 Å². The average Bonchev–Trinajstić information content (AvgIpc) is 3.18. The second-order valence-electron chi connectivity index (χ2n) is 5.93.